The Kier molecular flexibility index (Phi) is 4.35. The number of nitriles is 1. The van der Waals surface area contributed by atoms with Crippen LogP contribution in [0.1, 0.15) is 46.0 Å². The van der Waals surface area contributed by atoms with Crippen LogP contribution in [0.2, 0.25) is 0 Å². The summed E-state index contributed by atoms with van der Waals surface area (Å²) in [6, 6.07) is 2.08. The molecule has 0 N–H and O–H groups in total. The summed E-state index contributed by atoms with van der Waals surface area (Å²) in [6.07, 6.45) is 4.96. The average Bonchev–Trinajstić information content (AvgIpc) is 2.24. The SMILES string of the molecule is CN(CCC#N)C(=O)C1CCCCC1(C)C. The second-order valence-corrected chi connectivity index (χ2v) is 5.45. The monoisotopic (exact) mass is 222 g/mol. The minimum atomic E-state index is 0.121. The van der Waals surface area contributed by atoms with Crippen molar-refractivity contribution < 1.29 is 4.79 Å². The Hall–Kier alpha value is -1.04. The molecule has 1 rings (SSSR count). The summed E-state index contributed by atoms with van der Waals surface area (Å²) in [7, 11) is 1.81. The molecule has 3 nitrogen and oxygen atoms in total. The third kappa shape index (κ3) is 2.98. The fourth-order valence-electron chi connectivity index (χ4n) is 2.55. The van der Waals surface area contributed by atoms with Crippen molar-refractivity contribution in [3.8, 4) is 6.07 Å². The zero-order valence-electron chi connectivity index (χ0n) is 10.6. The van der Waals surface area contributed by atoms with Gasteiger partial charge in [-0.1, -0.05) is 26.7 Å². The summed E-state index contributed by atoms with van der Waals surface area (Å²) < 4.78 is 0. The van der Waals surface area contributed by atoms with Crippen molar-refractivity contribution in [1.82, 2.24) is 4.90 Å². The Balaban J connectivity index is 2.61. The lowest BCUT2D eigenvalue weighted by atomic mass is 9.68. The average molecular weight is 222 g/mol. The highest BCUT2D eigenvalue weighted by molar-refractivity contribution is 5.79. The summed E-state index contributed by atoms with van der Waals surface area (Å²) in [5.74, 6) is 0.366. The van der Waals surface area contributed by atoms with Gasteiger partial charge in [0.2, 0.25) is 5.91 Å². The number of rotatable bonds is 3. The predicted molar refractivity (Wildman–Crippen MR) is 63.6 cm³/mol. The summed E-state index contributed by atoms with van der Waals surface area (Å²) in [6.45, 7) is 4.93. The van der Waals surface area contributed by atoms with E-state index in [1.165, 1.54) is 6.42 Å². The van der Waals surface area contributed by atoms with Crippen molar-refractivity contribution in [1.29, 1.82) is 5.26 Å². The van der Waals surface area contributed by atoms with Crippen LogP contribution in [-0.4, -0.2) is 24.4 Å². The molecule has 16 heavy (non-hydrogen) atoms. The number of carbonyl (C=O) groups excluding carboxylic acids is 1. The van der Waals surface area contributed by atoms with Gasteiger partial charge in [0.15, 0.2) is 0 Å². The summed E-state index contributed by atoms with van der Waals surface area (Å²) >= 11 is 0. The Morgan fingerprint density at radius 2 is 2.19 bits per heavy atom. The minimum Gasteiger partial charge on any atom is -0.344 e. The third-order valence-electron chi connectivity index (χ3n) is 3.74. The van der Waals surface area contributed by atoms with Gasteiger partial charge in [-0.05, 0) is 18.3 Å². The molecule has 0 bridgehead atoms. The van der Waals surface area contributed by atoms with Crippen molar-refractivity contribution >= 4 is 5.91 Å². The summed E-state index contributed by atoms with van der Waals surface area (Å²) in [5.41, 5.74) is 0.121. The van der Waals surface area contributed by atoms with E-state index < -0.39 is 0 Å². The van der Waals surface area contributed by atoms with Crippen molar-refractivity contribution in [2.24, 2.45) is 11.3 Å². The molecule has 0 aliphatic heterocycles. The van der Waals surface area contributed by atoms with E-state index in [2.05, 4.69) is 19.9 Å². The normalized spacial score (nSPS) is 23.5. The first-order valence-corrected chi connectivity index (χ1v) is 6.11. The van der Waals surface area contributed by atoms with Crippen LogP contribution in [0, 0.1) is 22.7 Å². The number of amides is 1. The molecular formula is C13H22N2O. The molecule has 90 valence electrons. The van der Waals surface area contributed by atoms with E-state index in [0.29, 0.717) is 13.0 Å². The lowest BCUT2D eigenvalue weighted by Crippen LogP contribution is -2.42. The van der Waals surface area contributed by atoms with Crippen LogP contribution in [0.4, 0.5) is 0 Å². The van der Waals surface area contributed by atoms with Crippen molar-refractivity contribution in [2.75, 3.05) is 13.6 Å². The van der Waals surface area contributed by atoms with E-state index in [4.69, 9.17) is 5.26 Å². The standard InChI is InChI=1S/C13H22N2O/c1-13(2)8-5-4-7-11(13)12(16)15(3)10-6-9-14/h11H,4-8,10H2,1-3H3. The fraction of sp³-hybridized carbons (Fsp3) is 0.846. The van der Waals surface area contributed by atoms with Gasteiger partial charge in [-0.25, -0.2) is 0 Å². The number of nitrogens with zero attached hydrogens (tertiary/aromatic N) is 2. The van der Waals surface area contributed by atoms with Gasteiger partial charge in [0, 0.05) is 19.5 Å². The van der Waals surface area contributed by atoms with E-state index in [0.717, 1.165) is 19.3 Å². The lowest BCUT2D eigenvalue weighted by Gasteiger charge is -2.39. The van der Waals surface area contributed by atoms with E-state index in [1.54, 1.807) is 4.90 Å². The van der Waals surface area contributed by atoms with Crippen LogP contribution in [0.25, 0.3) is 0 Å². The van der Waals surface area contributed by atoms with E-state index >= 15 is 0 Å². The maximum absolute atomic E-state index is 12.2. The van der Waals surface area contributed by atoms with Crippen LogP contribution in [0.5, 0.6) is 0 Å². The van der Waals surface area contributed by atoms with Gasteiger partial charge in [0.05, 0.1) is 12.5 Å². The number of carbonyl (C=O) groups is 1. The maximum atomic E-state index is 12.2. The molecule has 1 aliphatic carbocycles. The molecule has 1 atom stereocenters. The molecule has 1 aliphatic rings. The van der Waals surface area contributed by atoms with Gasteiger partial charge in [0.1, 0.15) is 0 Å². The van der Waals surface area contributed by atoms with Crippen LogP contribution >= 0.6 is 0 Å². The highest BCUT2D eigenvalue weighted by Gasteiger charge is 2.38. The van der Waals surface area contributed by atoms with E-state index in [-0.39, 0.29) is 17.2 Å². The highest BCUT2D eigenvalue weighted by Crippen LogP contribution is 2.41. The van der Waals surface area contributed by atoms with Gasteiger partial charge in [-0.15, -0.1) is 0 Å². The summed E-state index contributed by atoms with van der Waals surface area (Å²) in [4.78, 5) is 14.0. The molecule has 1 amide bonds. The van der Waals surface area contributed by atoms with Crippen molar-refractivity contribution in [2.45, 2.75) is 46.0 Å². The quantitative estimate of drug-likeness (QED) is 0.736. The van der Waals surface area contributed by atoms with Gasteiger partial charge < -0.3 is 4.90 Å². The topological polar surface area (TPSA) is 44.1 Å². The first-order chi connectivity index (χ1) is 7.49. The molecular weight excluding hydrogens is 200 g/mol. The Labute approximate surface area is 98.4 Å². The Morgan fingerprint density at radius 3 is 2.75 bits per heavy atom. The van der Waals surface area contributed by atoms with Gasteiger partial charge >= 0.3 is 0 Å². The van der Waals surface area contributed by atoms with Crippen LogP contribution in [0.15, 0.2) is 0 Å². The van der Waals surface area contributed by atoms with Crippen LogP contribution in [-0.2, 0) is 4.79 Å². The second kappa shape index (κ2) is 5.34. The van der Waals surface area contributed by atoms with Crippen LogP contribution < -0.4 is 0 Å². The number of hydrogen-bond donors (Lipinski definition) is 0. The molecule has 0 aromatic rings. The van der Waals surface area contributed by atoms with E-state index in [9.17, 15) is 4.79 Å². The molecule has 3 heteroatoms. The zero-order valence-corrected chi connectivity index (χ0v) is 10.6. The first kappa shape index (κ1) is 13.0. The molecule has 0 aromatic carbocycles. The number of hydrogen-bond acceptors (Lipinski definition) is 2. The maximum Gasteiger partial charge on any atom is 0.225 e. The molecule has 0 saturated heterocycles. The molecule has 0 aromatic heterocycles. The minimum absolute atomic E-state index is 0.121. The smallest absolute Gasteiger partial charge is 0.225 e. The van der Waals surface area contributed by atoms with Crippen molar-refractivity contribution in [3.63, 3.8) is 0 Å². The summed E-state index contributed by atoms with van der Waals surface area (Å²) in [5, 5.41) is 8.52. The van der Waals surface area contributed by atoms with Gasteiger partial charge in [0.25, 0.3) is 0 Å². The van der Waals surface area contributed by atoms with Crippen molar-refractivity contribution in [3.05, 3.63) is 0 Å². The highest BCUT2D eigenvalue weighted by atomic mass is 16.2. The van der Waals surface area contributed by atoms with Gasteiger partial charge in [-0.2, -0.15) is 5.26 Å². The Morgan fingerprint density at radius 1 is 1.50 bits per heavy atom. The molecule has 1 saturated carbocycles. The molecule has 1 fully saturated rings. The first-order valence-electron chi connectivity index (χ1n) is 6.11. The van der Waals surface area contributed by atoms with Gasteiger partial charge in [-0.3, -0.25) is 4.79 Å². The van der Waals surface area contributed by atoms with E-state index in [1.807, 2.05) is 7.05 Å². The predicted octanol–water partition coefficient (Wildman–Crippen LogP) is 2.57. The lowest BCUT2D eigenvalue weighted by molar-refractivity contribution is -0.139. The molecule has 0 radical (unpaired) electrons. The second-order valence-electron chi connectivity index (χ2n) is 5.45. The fourth-order valence-corrected chi connectivity index (χ4v) is 2.55. The molecule has 0 spiro atoms. The molecule has 0 heterocycles. The zero-order chi connectivity index (χ0) is 12.2. The third-order valence-corrected chi connectivity index (χ3v) is 3.74. The molecule has 1 unspecified atom stereocenters. The van der Waals surface area contributed by atoms with Crippen LogP contribution in [0.3, 0.4) is 0 Å². The largest absolute Gasteiger partial charge is 0.344 e. The Bertz CT molecular complexity index is 291.